The molecule has 0 spiro atoms. The fourth-order valence-corrected chi connectivity index (χ4v) is 5.72. The summed E-state index contributed by atoms with van der Waals surface area (Å²) in [6.07, 6.45) is -1.83. The smallest absolute Gasteiger partial charge is 0.303 e. The van der Waals surface area contributed by atoms with Crippen LogP contribution < -0.4 is 0 Å². The number of ether oxygens (including phenoxy) is 7. The third-order valence-corrected chi connectivity index (χ3v) is 7.48. The van der Waals surface area contributed by atoms with Gasteiger partial charge in [-0.1, -0.05) is 37.3 Å². The molecule has 3 heterocycles. The van der Waals surface area contributed by atoms with Gasteiger partial charge in [-0.05, 0) is 30.7 Å². The van der Waals surface area contributed by atoms with E-state index in [9.17, 15) is 14.7 Å². The number of carbonyl (C=O) groups excluding carboxylic acids is 2. The third-order valence-electron chi connectivity index (χ3n) is 7.48. The monoisotopic (exact) mass is 536 g/mol. The summed E-state index contributed by atoms with van der Waals surface area (Å²) >= 11 is 0. The van der Waals surface area contributed by atoms with Crippen molar-refractivity contribution in [3.63, 3.8) is 0 Å². The molecule has 1 N–H and O–H groups in total. The van der Waals surface area contributed by atoms with Crippen LogP contribution in [0.25, 0.3) is 0 Å². The van der Waals surface area contributed by atoms with Gasteiger partial charge in [-0.15, -0.1) is 0 Å². The molecule has 38 heavy (non-hydrogen) atoms. The van der Waals surface area contributed by atoms with E-state index in [0.717, 1.165) is 5.56 Å². The second kappa shape index (κ2) is 12.8. The van der Waals surface area contributed by atoms with Crippen molar-refractivity contribution >= 4 is 11.9 Å². The van der Waals surface area contributed by atoms with Crippen LogP contribution in [0.1, 0.15) is 52.0 Å². The molecule has 3 aliphatic rings. The molecule has 0 radical (unpaired) electrons. The lowest BCUT2D eigenvalue weighted by Crippen LogP contribution is -2.69. The number of rotatable bonds is 11. The first-order valence-electron chi connectivity index (χ1n) is 13.4. The van der Waals surface area contributed by atoms with E-state index in [-0.39, 0.29) is 31.2 Å². The molecule has 1 aromatic rings. The van der Waals surface area contributed by atoms with Crippen LogP contribution in [0.3, 0.4) is 0 Å². The van der Waals surface area contributed by atoms with Gasteiger partial charge < -0.3 is 38.3 Å². The minimum atomic E-state index is -1.16. The first-order valence-corrected chi connectivity index (χ1v) is 13.4. The summed E-state index contributed by atoms with van der Waals surface area (Å²) in [5, 5.41) is 9.48. The summed E-state index contributed by atoms with van der Waals surface area (Å²) < 4.78 is 43.0. The van der Waals surface area contributed by atoms with Crippen molar-refractivity contribution in [2.45, 2.75) is 102 Å². The van der Waals surface area contributed by atoms with Crippen LogP contribution >= 0.6 is 0 Å². The molecule has 4 rings (SSSR count). The Morgan fingerprint density at radius 1 is 1.11 bits per heavy atom. The second-order valence-corrected chi connectivity index (χ2v) is 10.4. The molecule has 9 atom stereocenters. The largest absolute Gasteiger partial charge is 0.466 e. The normalized spacial score (nSPS) is 35.1. The van der Waals surface area contributed by atoms with Gasteiger partial charge in [-0.3, -0.25) is 9.59 Å². The van der Waals surface area contributed by atoms with E-state index in [0.29, 0.717) is 32.3 Å². The van der Waals surface area contributed by atoms with Crippen molar-refractivity contribution in [3.05, 3.63) is 35.9 Å². The molecule has 0 aliphatic carbocycles. The molecule has 0 aromatic heterocycles. The van der Waals surface area contributed by atoms with Gasteiger partial charge in [0.25, 0.3) is 0 Å². The minimum Gasteiger partial charge on any atom is -0.466 e. The maximum absolute atomic E-state index is 12.2. The Hall–Kier alpha value is -2.08. The highest BCUT2D eigenvalue weighted by Crippen LogP contribution is 2.48. The number of esters is 2. The summed E-state index contributed by atoms with van der Waals surface area (Å²) in [4.78, 5) is 23.6. The number of hydrogen-bond donors (Lipinski definition) is 1. The summed E-state index contributed by atoms with van der Waals surface area (Å²) in [5.41, 5.74) is 1.00. The fourth-order valence-electron chi connectivity index (χ4n) is 5.72. The molecular formula is C28H40O10. The topological polar surface area (TPSA) is 119 Å². The lowest BCUT2D eigenvalue weighted by molar-refractivity contribution is -0.383. The molecule has 3 aliphatic heterocycles. The quantitative estimate of drug-likeness (QED) is 0.423. The zero-order chi connectivity index (χ0) is 27.3. The number of benzene rings is 1. The minimum absolute atomic E-state index is 0.0112. The van der Waals surface area contributed by atoms with Crippen molar-refractivity contribution in [2.75, 3.05) is 20.3 Å². The van der Waals surface area contributed by atoms with E-state index < -0.39 is 48.4 Å². The van der Waals surface area contributed by atoms with Crippen LogP contribution in [0.4, 0.5) is 0 Å². The molecule has 212 valence electrons. The number of aliphatic hydroxyl groups excluding tert-OH is 1. The van der Waals surface area contributed by atoms with Crippen molar-refractivity contribution in [3.8, 4) is 0 Å². The van der Waals surface area contributed by atoms with Crippen LogP contribution in [0.15, 0.2) is 30.3 Å². The van der Waals surface area contributed by atoms with Crippen LogP contribution in [0.5, 0.6) is 0 Å². The summed E-state index contributed by atoms with van der Waals surface area (Å²) in [6, 6.07) is 9.81. The highest BCUT2D eigenvalue weighted by molar-refractivity contribution is 5.66. The van der Waals surface area contributed by atoms with Crippen molar-refractivity contribution in [1.82, 2.24) is 0 Å². The van der Waals surface area contributed by atoms with Gasteiger partial charge in [-0.2, -0.15) is 0 Å². The van der Waals surface area contributed by atoms with Gasteiger partial charge in [0.1, 0.15) is 18.3 Å². The van der Waals surface area contributed by atoms with E-state index in [1.54, 1.807) is 7.11 Å². The Balaban J connectivity index is 1.62. The first kappa shape index (κ1) is 28.9. The van der Waals surface area contributed by atoms with Crippen molar-refractivity contribution in [1.29, 1.82) is 0 Å². The standard InChI is InChI=1S/C28H40O10/c1-17(15-33-18(2)30)14-22-23(34-16-20-8-6-5-7-9-20)25-24(37-22)26(35-19(3)31)27-28(32-4,38-25)12-10-21(36-27)11-13-29/h5-9,17,21-27,29H,10-16H2,1-4H3/t17-,21-,22-,23+,24-,25+,26+,27-,28?/m1/s1. The van der Waals surface area contributed by atoms with E-state index in [1.165, 1.54) is 13.8 Å². The van der Waals surface area contributed by atoms with Crippen LogP contribution in [0.2, 0.25) is 0 Å². The maximum atomic E-state index is 12.2. The highest BCUT2D eigenvalue weighted by Gasteiger charge is 2.65. The summed E-state index contributed by atoms with van der Waals surface area (Å²) in [5.74, 6) is -1.98. The molecule has 1 aromatic carbocycles. The average Bonchev–Trinajstić information content (AvgIpc) is 3.23. The number of fused-ring (bicyclic) bond motifs is 2. The highest BCUT2D eigenvalue weighted by atomic mass is 16.8. The lowest BCUT2D eigenvalue weighted by Gasteiger charge is -2.53. The number of carbonyl (C=O) groups is 2. The van der Waals surface area contributed by atoms with Gasteiger partial charge in [0.05, 0.1) is 25.4 Å². The average molecular weight is 537 g/mol. The summed E-state index contributed by atoms with van der Waals surface area (Å²) in [7, 11) is 1.56. The molecule has 3 fully saturated rings. The van der Waals surface area contributed by atoms with Gasteiger partial charge >= 0.3 is 11.9 Å². The van der Waals surface area contributed by atoms with Crippen molar-refractivity contribution in [2.24, 2.45) is 5.92 Å². The molecule has 1 unspecified atom stereocenters. The Kier molecular flexibility index (Phi) is 9.78. The number of hydrogen-bond acceptors (Lipinski definition) is 10. The zero-order valence-corrected chi connectivity index (χ0v) is 22.6. The van der Waals surface area contributed by atoms with Crippen LogP contribution in [-0.2, 0) is 49.4 Å². The molecule has 10 heteroatoms. The predicted molar refractivity (Wildman–Crippen MR) is 134 cm³/mol. The first-order chi connectivity index (χ1) is 18.3. The van der Waals surface area contributed by atoms with Gasteiger partial charge in [0, 0.05) is 34.0 Å². The van der Waals surface area contributed by atoms with E-state index in [1.807, 2.05) is 37.3 Å². The third kappa shape index (κ3) is 6.55. The Morgan fingerprint density at radius 2 is 1.87 bits per heavy atom. The number of methoxy groups -OCH3 is 1. The Bertz CT molecular complexity index is 925. The molecule has 10 nitrogen and oxygen atoms in total. The molecule has 3 saturated heterocycles. The molecule has 0 amide bonds. The van der Waals surface area contributed by atoms with Crippen LogP contribution in [-0.4, -0.2) is 85.9 Å². The zero-order valence-electron chi connectivity index (χ0n) is 22.6. The summed E-state index contributed by atoms with van der Waals surface area (Å²) in [6.45, 7) is 5.28. The van der Waals surface area contributed by atoms with Gasteiger partial charge in [0.15, 0.2) is 18.0 Å². The second-order valence-electron chi connectivity index (χ2n) is 10.4. The molecule has 0 bridgehead atoms. The van der Waals surface area contributed by atoms with E-state index in [2.05, 4.69) is 0 Å². The van der Waals surface area contributed by atoms with E-state index in [4.69, 9.17) is 33.2 Å². The molecule has 0 saturated carbocycles. The number of aliphatic hydroxyl groups is 1. The predicted octanol–water partition coefficient (Wildman–Crippen LogP) is 2.53. The molecular weight excluding hydrogens is 496 g/mol. The van der Waals surface area contributed by atoms with Crippen molar-refractivity contribution < 1.29 is 47.9 Å². The fraction of sp³-hybridized carbons (Fsp3) is 0.714. The Morgan fingerprint density at radius 3 is 2.53 bits per heavy atom. The Labute approximate surface area is 223 Å². The lowest BCUT2D eigenvalue weighted by atomic mass is 9.84. The van der Waals surface area contributed by atoms with Gasteiger partial charge in [-0.25, -0.2) is 0 Å². The maximum Gasteiger partial charge on any atom is 0.303 e. The SMILES string of the molecule is COC12CC[C@H](CCO)O[C@@H]1[C@@H](OC(C)=O)[C@@H]1O[C@H](C[C@@H](C)COC(C)=O)[C@H](OCc3ccccc3)[C@@H]1O2. The van der Waals surface area contributed by atoms with Crippen LogP contribution in [0, 0.1) is 5.92 Å². The van der Waals surface area contributed by atoms with E-state index >= 15 is 0 Å². The van der Waals surface area contributed by atoms with Gasteiger partial charge in [0.2, 0.25) is 0 Å².